The van der Waals surface area contributed by atoms with Crippen molar-refractivity contribution >= 4 is 44.9 Å². The molecule has 20 rings (SSSR count). The van der Waals surface area contributed by atoms with Gasteiger partial charge in [0.25, 0.3) is 0 Å². The zero-order valence-corrected chi connectivity index (χ0v) is 89.3. The van der Waals surface area contributed by atoms with Gasteiger partial charge in [-0.2, -0.15) is 0 Å². The molecule has 13 nitrogen and oxygen atoms in total. The number of hydrogen-bond donors (Lipinski definition) is 0. The van der Waals surface area contributed by atoms with Gasteiger partial charge < -0.3 is 52.9 Å². The molecule has 8 aromatic heterocycles. The van der Waals surface area contributed by atoms with Crippen molar-refractivity contribution in [2.45, 2.75) is 79.6 Å². The number of aryl methyl sites for hydroxylation is 2. The number of benzene rings is 12. The van der Waals surface area contributed by atoms with Crippen molar-refractivity contribution in [1.29, 1.82) is 0 Å². The molecule has 0 unspecified atom stereocenters. The second-order valence-electron chi connectivity index (χ2n) is 32.6. The van der Waals surface area contributed by atoms with E-state index in [1.54, 1.807) is 24.8 Å². The average Bonchev–Trinajstić information content (AvgIpc) is 1.64. The molecule has 20 aromatic rings. The van der Waals surface area contributed by atoms with Crippen LogP contribution in [0.15, 0.2) is 400 Å². The number of rotatable bonds is 22. The van der Waals surface area contributed by atoms with Gasteiger partial charge in [-0.3, -0.25) is 0 Å². The summed E-state index contributed by atoms with van der Waals surface area (Å²) in [6.07, 6.45) is 15.0. The zero-order valence-electron chi connectivity index (χ0n) is 76.5. The molecule has 0 aliphatic carbocycles. The Bertz CT molecular complexity index is 7090. The van der Waals surface area contributed by atoms with Gasteiger partial charge in [-0.25, -0.2) is 0 Å². The molecule has 137 heavy (non-hydrogen) atoms. The summed E-state index contributed by atoms with van der Waals surface area (Å²) in [5.74, 6) is 2.63. The van der Waals surface area contributed by atoms with Gasteiger partial charge in [0.2, 0.25) is 11.8 Å². The van der Waals surface area contributed by atoms with Crippen LogP contribution in [0.25, 0.3) is 140 Å². The first kappa shape index (κ1) is 105. The Morgan fingerprint density at radius 2 is 0.752 bits per heavy atom. The minimum Gasteiger partial charge on any atom is -0.490 e. The average molecular weight is 2700 g/mol. The van der Waals surface area contributed by atoms with Crippen LogP contribution in [0.4, 0.5) is 0 Å². The Labute approximate surface area is 872 Å². The maximum Gasteiger partial charge on any atom is 2.00 e. The fourth-order valence-corrected chi connectivity index (χ4v) is 17.8. The Balaban J connectivity index is 0.000000164. The molecule has 0 aliphatic heterocycles. The van der Waals surface area contributed by atoms with Crippen LogP contribution in [0.1, 0.15) is 77.0 Å². The number of para-hydroxylation sites is 2. The van der Waals surface area contributed by atoms with Gasteiger partial charge in [-0.1, -0.05) is 240 Å². The van der Waals surface area contributed by atoms with Crippen LogP contribution in [0.3, 0.4) is 0 Å². The Hall–Kier alpha value is -12.4. The molecule has 8 heterocycles. The summed E-state index contributed by atoms with van der Waals surface area (Å²) in [7, 11) is -3.24. The van der Waals surface area contributed by atoms with E-state index in [0.717, 1.165) is 138 Å². The first-order chi connectivity index (χ1) is 64.7. The molecule has 0 atom stereocenters. The first-order valence-electron chi connectivity index (χ1n) is 44.4. The van der Waals surface area contributed by atoms with Crippen molar-refractivity contribution in [2.24, 2.45) is 0 Å². The van der Waals surface area contributed by atoms with Crippen LogP contribution in [0.5, 0.6) is 11.5 Å². The third kappa shape index (κ3) is 26.9. The molecule has 0 amide bonds. The van der Waals surface area contributed by atoms with Crippen molar-refractivity contribution in [1.82, 2.24) is 44.7 Å². The Kier molecular flexibility index (Phi) is 39.6. The first-order valence-corrected chi connectivity index (χ1v) is 46.1. The minimum absolute atomic E-state index is 0. The number of aromatic nitrogens is 9. The zero-order chi connectivity index (χ0) is 90.9. The van der Waals surface area contributed by atoms with E-state index >= 15 is 0 Å². The van der Waals surface area contributed by atoms with E-state index in [2.05, 4.69) is 257 Å². The van der Waals surface area contributed by atoms with E-state index in [1.807, 2.05) is 243 Å². The maximum atomic E-state index is 14.9. The molecule has 0 fully saturated rings. The third-order valence-electron chi connectivity index (χ3n) is 22.2. The van der Waals surface area contributed by atoms with E-state index in [0.29, 0.717) is 35.6 Å². The normalized spacial score (nSPS) is 10.6. The maximum absolute atomic E-state index is 14.9. The van der Waals surface area contributed by atoms with Gasteiger partial charge >= 0.3 is 21.1 Å². The molecule has 4 radical (unpaired) electrons. The largest absolute Gasteiger partial charge is 2.00 e. The molecule has 0 spiro atoms. The van der Waals surface area contributed by atoms with Crippen molar-refractivity contribution in [3.63, 3.8) is 0 Å². The molecule has 694 valence electrons. The summed E-state index contributed by atoms with van der Waals surface area (Å²) in [6, 6.07) is 138. The van der Waals surface area contributed by atoms with Crippen molar-refractivity contribution in [2.75, 3.05) is 13.2 Å². The van der Waals surface area contributed by atoms with Crippen LogP contribution in [-0.2, 0) is 111 Å². The molecule has 19 heteroatoms. The van der Waals surface area contributed by atoms with Crippen LogP contribution in [-0.4, -0.2) is 57.9 Å². The minimum atomic E-state index is -3.24. The quantitative estimate of drug-likeness (QED) is 0.0360. The molecule has 0 saturated heterocycles. The van der Waals surface area contributed by atoms with Crippen LogP contribution in [0.2, 0.25) is 0 Å². The summed E-state index contributed by atoms with van der Waals surface area (Å²) < 4.78 is 35.1. The fourth-order valence-electron chi connectivity index (χ4n) is 15.2. The molecule has 0 saturated carbocycles. The molecule has 0 aliphatic rings. The number of ether oxygens (including phenoxy) is 2. The molecule has 12 aromatic carbocycles. The number of fused-ring (bicyclic) bond motifs is 3. The van der Waals surface area contributed by atoms with Gasteiger partial charge in [-0.05, 0) is 173 Å². The fraction of sp³-hybridized carbons (Fsp3) is 0.119. The smallest absolute Gasteiger partial charge is 0.490 e. The summed E-state index contributed by atoms with van der Waals surface area (Å²) in [4.78, 5) is 26.5. The number of hydrogen-bond acceptors (Lipinski definition) is 12. The second-order valence-corrected chi connectivity index (χ2v) is 35.3. The molecular weight excluding hydrogens is 2600 g/mol. The van der Waals surface area contributed by atoms with Crippen molar-refractivity contribution < 1.29 is 120 Å². The van der Waals surface area contributed by atoms with Crippen LogP contribution >= 0.6 is 7.14 Å². The molecule has 0 N–H and O–H groups in total. The number of nitrogens with zero attached hydrogens (tertiary/aromatic N) is 9. The topological polar surface area (TPSA) is 157 Å². The van der Waals surface area contributed by atoms with E-state index < -0.39 is 7.14 Å². The van der Waals surface area contributed by atoms with Crippen LogP contribution in [0, 0.1) is 50.2 Å². The standard InChI is InChI=1S/C28H19N2OP.C25H28NO2.C23H20N3O.C23H15N2.C19H16N.4Ir.Pt/c31-32(24-12-2-1-3-13-24,25-14-8-10-22(20-25)27-16-4-6-18-29-27)26-15-9-11-23(21-26)28-17-5-7-19-30-28;1-3-5-16-27-24-14-13-21(19-25(24)28-17-6-4-2)20-10-9-11-22(18-20)23-12-7-8-15-26-23;1-23(2,3)19-12-10-16(11-13-19)21-25-26-22(27-21)18-8-6-7-17(15-18)20-9-4-5-14-24-20;1-3-13-22-19(10-1)20-11-2-4-14-23(20)25(22)18-9-7-8-17(16-18)21-12-5-6-15-24-21;1-14-9-10-15(2)18(12-14)16-6-5-7-17(13-16)19-8-3-4-11-20-19;;;;;/h1-19H;7-10,12-15,18-19H,3-6,16-17H2,1-2H3;4-6,8-15H,1-3H3;1-7,9-16H;3-6,8-13H,1-2H3;;;;;/q-2;4*-1;;;;;+2. The summed E-state index contributed by atoms with van der Waals surface area (Å²) in [5, 5.41) is 13.0. The SMILES string of the molecule is CC(C)(C)c1ccc(-c2nnc(-c3cc[c-]c(-c4ccccn4)c3)o2)cc1.CCCCOc1ccc(-c2cc[c-]c(-c3ccccn3)c2)cc1OCCCC.Cc1ccc(C)c(-c2cc[c-]c(-c3ccccn3)c2)c1.O=P(c1[c-]c(-c2ccccn2)ccc1)(c1[c-]c(-c2ccccn2)ccc1)c1ccccc1.[Ir].[Ir].[Ir].[Ir].[Pt+2].[c-]1ccc(-n2c3ccccc3c3ccccc32)cc1-c1ccccn1. The van der Waals surface area contributed by atoms with E-state index in [1.165, 1.54) is 49.6 Å². The van der Waals surface area contributed by atoms with Gasteiger partial charge in [0.15, 0.2) is 11.5 Å². The van der Waals surface area contributed by atoms with Gasteiger partial charge in [0, 0.05) is 139 Å². The summed E-state index contributed by atoms with van der Waals surface area (Å²) in [5.41, 5.74) is 24.7. The van der Waals surface area contributed by atoms with E-state index in [9.17, 15) is 4.57 Å². The van der Waals surface area contributed by atoms with E-state index in [-0.39, 0.29) is 107 Å². The third-order valence-corrected chi connectivity index (χ3v) is 25.1. The summed E-state index contributed by atoms with van der Waals surface area (Å²) >= 11 is 0. The Morgan fingerprint density at radius 3 is 1.22 bits per heavy atom. The monoisotopic (exact) mass is 2700 g/mol. The van der Waals surface area contributed by atoms with Gasteiger partial charge in [0.05, 0.1) is 24.2 Å². The Morgan fingerprint density at radius 1 is 0.358 bits per heavy atom. The second kappa shape index (κ2) is 51.7. The van der Waals surface area contributed by atoms with Crippen molar-refractivity contribution in [3.05, 3.63) is 448 Å². The predicted molar refractivity (Wildman–Crippen MR) is 537 cm³/mol. The molecular formula is C118H98Ir4N9O4PPt-4. The van der Waals surface area contributed by atoms with Crippen molar-refractivity contribution in [3.8, 4) is 130 Å². The molecule has 0 bridgehead atoms. The number of unbranched alkanes of at least 4 members (excludes halogenated alkanes) is 2. The van der Waals surface area contributed by atoms with Gasteiger partial charge in [-0.15, -0.1) is 200 Å². The van der Waals surface area contributed by atoms with Crippen LogP contribution < -0.4 is 25.4 Å². The number of pyridine rings is 6. The predicted octanol–water partition coefficient (Wildman–Crippen LogP) is 27.7. The van der Waals surface area contributed by atoms with E-state index in [4.69, 9.17) is 13.9 Å². The van der Waals surface area contributed by atoms with Gasteiger partial charge in [0.1, 0.15) is 7.14 Å². The summed E-state index contributed by atoms with van der Waals surface area (Å²) in [6.45, 7) is 16.6.